The van der Waals surface area contributed by atoms with Gasteiger partial charge in [0.1, 0.15) is 11.2 Å². The van der Waals surface area contributed by atoms with Crippen LogP contribution in [0.25, 0.3) is 0 Å². The van der Waals surface area contributed by atoms with E-state index in [1.807, 2.05) is 18.7 Å². The van der Waals surface area contributed by atoms with E-state index in [1.165, 1.54) is 12.3 Å². The number of sulfone groups is 1. The fourth-order valence-corrected chi connectivity index (χ4v) is 3.72. The van der Waals surface area contributed by atoms with Crippen LogP contribution in [0.4, 0.5) is 5.82 Å². The molecule has 25 heavy (non-hydrogen) atoms. The average molecular weight is 370 g/mol. The van der Waals surface area contributed by atoms with Crippen LogP contribution in [-0.4, -0.2) is 55.0 Å². The molecule has 0 amide bonds. The fraction of sp³-hybridized carbons (Fsp3) is 0.647. The van der Waals surface area contributed by atoms with Gasteiger partial charge in [0.25, 0.3) is 0 Å². The summed E-state index contributed by atoms with van der Waals surface area (Å²) in [5, 5.41) is 20.2. The highest BCUT2D eigenvalue weighted by molar-refractivity contribution is 7.90. The second-order valence-corrected chi connectivity index (χ2v) is 9.26. The molecule has 0 spiro atoms. The van der Waals surface area contributed by atoms with E-state index >= 15 is 0 Å². The summed E-state index contributed by atoms with van der Waals surface area (Å²) < 4.78 is 23.1. The number of anilines is 1. The summed E-state index contributed by atoms with van der Waals surface area (Å²) in [6.07, 6.45) is 2.92. The molecule has 0 unspecified atom stereocenters. The van der Waals surface area contributed by atoms with Crippen molar-refractivity contribution < 1.29 is 23.4 Å². The molecule has 1 aliphatic rings. The van der Waals surface area contributed by atoms with Gasteiger partial charge in [-0.2, -0.15) is 0 Å². The van der Waals surface area contributed by atoms with Gasteiger partial charge in [0.15, 0.2) is 9.84 Å². The minimum atomic E-state index is -3.33. The molecule has 0 saturated carbocycles. The normalized spacial score (nSPS) is 24.5. The van der Waals surface area contributed by atoms with Crippen molar-refractivity contribution >= 4 is 21.6 Å². The lowest BCUT2D eigenvalue weighted by Crippen LogP contribution is -2.56. The van der Waals surface area contributed by atoms with Crippen LogP contribution in [0, 0.1) is 11.3 Å². The first-order chi connectivity index (χ1) is 11.6. The van der Waals surface area contributed by atoms with Crippen molar-refractivity contribution in [2.75, 3.05) is 24.2 Å². The lowest BCUT2D eigenvalue weighted by molar-refractivity contribution is -0.158. The van der Waals surface area contributed by atoms with Crippen LogP contribution in [-0.2, 0) is 14.6 Å². The molecule has 7 nitrogen and oxygen atoms in total. The molecule has 0 aliphatic carbocycles. The minimum absolute atomic E-state index is 0.123. The zero-order valence-corrected chi connectivity index (χ0v) is 15.7. The van der Waals surface area contributed by atoms with Gasteiger partial charge in [-0.05, 0) is 37.3 Å². The van der Waals surface area contributed by atoms with E-state index in [4.69, 9.17) is 0 Å². The van der Waals surface area contributed by atoms with Crippen molar-refractivity contribution in [1.29, 1.82) is 0 Å². The van der Waals surface area contributed by atoms with Crippen LogP contribution in [0.2, 0.25) is 0 Å². The maximum atomic E-state index is 12.0. The first-order valence-electron chi connectivity index (χ1n) is 8.39. The Morgan fingerprint density at radius 2 is 2.12 bits per heavy atom. The summed E-state index contributed by atoms with van der Waals surface area (Å²) in [7, 11) is -3.33. The predicted molar refractivity (Wildman–Crippen MR) is 94.3 cm³/mol. The summed E-state index contributed by atoms with van der Waals surface area (Å²) in [4.78, 5) is 18.1. The monoisotopic (exact) mass is 370 g/mol. The van der Waals surface area contributed by atoms with Crippen LogP contribution in [0.5, 0.6) is 0 Å². The molecule has 0 aromatic carbocycles. The smallest absolute Gasteiger partial charge is 0.314 e. The van der Waals surface area contributed by atoms with Crippen molar-refractivity contribution in [3.8, 4) is 0 Å². The summed E-state index contributed by atoms with van der Waals surface area (Å²) >= 11 is 0. The van der Waals surface area contributed by atoms with Crippen LogP contribution < -0.4 is 4.90 Å². The van der Waals surface area contributed by atoms with Crippen LogP contribution in [0.15, 0.2) is 23.2 Å². The molecule has 8 heteroatoms. The molecule has 0 radical (unpaired) electrons. The van der Waals surface area contributed by atoms with Crippen molar-refractivity contribution in [1.82, 2.24) is 4.98 Å². The number of carboxylic acid groups (broad SMARTS) is 1. The Bertz CT molecular complexity index is 717. The van der Waals surface area contributed by atoms with E-state index in [0.29, 0.717) is 37.5 Å². The highest BCUT2D eigenvalue weighted by Gasteiger charge is 2.49. The van der Waals surface area contributed by atoms with Gasteiger partial charge in [0, 0.05) is 25.5 Å². The standard InChI is InChI=1S/C17H26N2O5S/c1-12(2)6-8-17(16(21)22)11-19(9-7-14(17)20)15-5-4-13(10-18-15)25(3,23)24/h4-5,10,12,14,20H,6-9,11H2,1-3H3,(H,21,22)/t14-,17-/m1/s1. The maximum Gasteiger partial charge on any atom is 0.314 e. The Kier molecular flexibility index (Phi) is 5.73. The Balaban J connectivity index is 2.27. The molecule has 1 aromatic heterocycles. The number of pyridine rings is 1. The lowest BCUT2D eigenvalue weighted by atomic mass is 9.73. The number of aliphatic hydroxyl groups is 1. The number of aromatic nitrogens is 1. The Morgan fingerprint density at radius 1 is 1.44 bits per heavy atom. The number of nitrogens with zero attached hydrogens (tertiary/aromatic N) is 2. The van der Waals surface area contributed by atoms with E-state index in [0.717, 1.165) is 6.26 Å². The number of aliphatic carboxylic acids is 1. The third kappa shape index (κ3) is 4.30. The quantitative estimate of drug-likeness (QED) is 0.782. The van der Waals surface area contributed by atoms with E-state index in [1.54, 1.807) is 6.07 Å². The summed E-state index contributed by atoms with van der Waals surface area (Å²) in [6, 6.07) is 3.06. The van der Waals surface area contributed by atoms with Crippen LogP contribution >= 0.6 is 0 Å². The van der Waals surface area contributed by atoms with Gasteiger partial charge in [-0.1, -0.05) is 13.8 Å². The number of aliphatic hydroxyl groups excluding tert-OH is 1. The molecule has 2 heterocycles. The van der Waals surface area contributed by atoms with Crippen LogP contribution in [0.3, 0.4) is 0 Å². The van der Waals surface area contributed by atoms with Crippen molar-refractivity contribution in [3.63, 3.8) is 0 Å². The second-order valence-electron chi connectivity index (χ2n) is 7.24. The Hall–Kier alpha value is -1.67. The fourth-order valence-electron chi connectivity index (χ4n) is 3.16. The zero-order valence-electron chi connectivity index (χ0n) is 14.8. The molecule has 1 aromatic rings. The molecule has 2 rings (SSSR count). The average Bonchev–Trinajstić information content (AvgIpc) is 2.53. The molecule has 140 valence electrons. The first kappa shape index (κ1) is 19.7. The molecule has 0 bridgehead atoms. The van der Waals surface area contributed by atoms with Gasteiger partial charge in [-0.15, -0.1) is 0 Å². The number of rotatable bonds is 6. The largest absolute Gasteiger partial charge is 0.481 e. The third-order valence-electron chi connectivity index (χ3n) is 4.85. The van der Waals surface area contributed by atoms with E-state index < -0.39 is 27.3 Å². The van der Waals surface area contributed by atoms with Gasteiger partial charge in [-0.3, -0.25) is 4.79 Å². The van der Waals surface area contributed by atoms with E-state index in [2.05, 4.69) is 4.98 Å². The SMILES string of the molecule is CC(C)CC[C@@]1(C(=O)O)CN(c2ccc(S(C)(=O)=O)cn2)CC[C@H]1O. The number of carboxylic acids is 1. The molecule has 1 fully saturated rings. The molecular weight excluding hydrogens is 344 g/mol. The lowest BCUT2D eigenvalue weighted by Gasteiger charge is -2.44. The Labute approximate surface area is 148 Å². The van der Waals surface area contributed by atoms with Gasteiger partial charge >= 0.3 is 5.97 Å². The summed E-state index contributed by atoms with van der Waals surface area (Å²) in [5.74, 6) is -0.140. The number of hydrogen-bond acceptors (Lipinski definition) is 6. The van der Waals surface area contributed by atoms with Gasteiger partial charge in [0.2, 0.25) is 0 Å². The summed E-state index contributed by atoms with van der Waals surface area (Å²) in [5.41, 5.74) is -1.24. The van der Waals surface area contributed by atoms with Crippen molar-refractivity contribution in [2.24, 2.45) is 11.3 Å². The number of piperidine rings is 1. The zero-order chi connectivity index (χ0) is 18.8. The highest BCUT2D eigenvalue weighted by Crippen LogP contribution is 2.38. The van der Waals surface area contributed by atoms with Crippen molar-refractivity contribution in [2.45, 2.75) is 44.1 Å². The minimum Gasteiger partial charge on any atom is -0.481 e. The van der Waals surface area contributed by atoms with Gasteiger partial charge in [-0.25, -0.2) is 13.4 Å². The second kappa shape index (κ2) is 7.29. The highest BCUT2D eigenvalue weighted by atomic mass is 32.2. The number of hydrogen-bond donors (Lipinski definition) is 2. The van der Waals surface area contributed by atoms with Crippen LogP contribution in [0.1, 0.15) is 33.1 Å². The van der Waals surface area contributed by atoms with E-state index in [-0.39, 0.29) is 11.4 Å². The molecule has 2 atom stereocenters. The maximum absolute atomic E-state index is 12.0. The van der Waals surface area contributed by atoms with Crippen molar-refractivity contribution in [3.05, 3.63) is 18.3 Å². The predicted octanol–water partition coefficient (Wildman–Crippen LogP) is 1.56. The molecule has 1 aliphatic heterocycles. The molecule has 1 saturated heterocycles. The van der Waals surface area contributed by atoms with Gasteiger partial charge in [0.05, 0.1) is 11.0 Å². The first-order valence-corrected chi connectivity index (χ1v) is 10.3. The number of carbonyl (C=O) groups is 1. The topological polar surface area (TPSA) is 108 Å². The Morgan fingerprint density at radius 3 is 2.60 bits per heavy atom. The van der Waals surface area contributed by atoms with Gasteiger partial charge < -0.3 is 15.1 Å². The molecular formula is C17H26N2O5S. The summed E-state index contributed by atoms with van der Waals surface area (Å²) in [6.45, 7) is 4.67. The van der Waals surface area contributed by atoms with E-state index in [9.17, 15) is 23.4 Å². The third-order valence-corrected chi connectivity index (χ3v) is 5.95. The molecule has 2 N–H and O–H groups in total.